The Labute approximate surface area is 200 Å². The van der Waals surface area contributed by atoms with Gasteiger partial charge in [-0.2, -0.15) is 0 Å². The maximum absolute atomic E-state index is 13.1. The molecule has 178 valence electrons. The molecule has 0 aromatic heterocycles. The van der Waals surface area contributed by atoms with Gasteiger partial charge >= 0.3 is 0 Å². The second-order valence-electron chi connectivity index (χ2n) is 9.10. The number of aryl methyl sites for hydroxylation is 2. The molecule has 3 aromatic carbocycles. The van der Waals surface area contributed by atoms with Gasteiger partial charge in [0.1, 0.15) is 0 Å². The molecule has 7 nitrogen and oxygen atoms in total. The number of benzene rings is 3. The predicted octanol–water partition coefficient (Wildman–Crippen LogP) is 4.88. The van der Waals surface area contributed by atoms with Crippen LogP contribution >= 0.6 is 0 Å². The van der Waals surface area contributed by atoms with Gasteiger partial charge in [0.05, 0.1) is 21.8 Å². The quantitative estimate of drug-likeness (QED) is 0.468. The minimum atomic E-state index is -3.93. The molecule has 34 heavy (non-hydrogen) atoms. The zero-order valence-corrected chi connectivity index (χ0v) is 20.7. The lowest BCUT2D eigenvalue weighted by atomic mass is 10.1. The van der Waals surface area contributed by atoms with E-state index in [1.54, 1.807) is 55.5 Å². The van der Waals surface area contributed by atoms with E-state index in [2.05, 4.69) is 15.4 Å². The van der Waals surface area contributed by atoms with Gasteiger partial charge in [-0.25, -0.2) is 8.42 Å². The summed E-state index contributed by atoms with van der Waals surface area (Å²) in [5.41, 5.74) is 2.10. The third-order valence-electron chi connectivity index (χ3n) is 5.04. The number of nitrogens with one attached hydrogen (secondary N) is 3. The molecule has 0 saturated heterocycles. The van der Waals surface area contributed by atoms with Crippen LogP contribution in [0.4, 0.5) is 11.4 Å². The number of hydrogen-bond acceptors (Lipinski definition) is 4. The predicted molar refractivity (Wildman–Crippen MR) is 135 cm³/mol. The second kappa shape index (κ2) is 9.69. The van der Waals surface area contributed by atoms with Gasteiger partial charge in [0.2, 0.25) is 0 Å². The highest BCUT2D eigenvalue weighted by atomic mass is 32.2. The number of amides is 2. The highest BCUT2D eigenvalue weighted by molar-refractivity contribution is 7.92. The van der Waals surface area contributed by atoms with E-state index in [1.165, 1.54) is 6.07 Å². The molecule has 0 radical (unpaired) electrons. The molecule has 0 aliphatic rings. The van der Waals surface area contributed by atoms with Crippen LogP contribution in [-0.4, -0.2) is 25.8 Å². The zero-order chi connectivity index (χ0) is 25.1. The topological polar surface area (TPSA) is 104 Å². The van der Waals surface area contributed by atoms with Crippen molar-refractivity contribution >= 4 is 33.2 Å². The molecule has 8 heteroatoms. The number of hydrogen-bond donors (Lipinski definition) is 3. The summed E-state index contributed by atoms with van der Waals surface area (Å²) in [7, 11) is -3.93. The van der Waals surface area contributed by atoms with Crippen molar-refractivity contribution in [1.82, 2.24) is 5.32 Å². The molecule has 2 amide bonds. The first-order valence-electron chi connectivity index (χ1n) is 10.8. The molecule has 0 unspecified atom stereocenters. The molecule has 0 aliphatic carbocycles. The summed E-state index contributed by atoms with van der Waals surface area (Å²) in [5.74, 6) is -0.846. The summed E-state index contributed by atoms with van der Waals surface area (Å²) < 4.78 is 28.8. The lowest BCUT2D eigenvalue weighted by molar-refractivity contribution is 0.0920. The Morgan fingerprint density at radius 2 is 1.38 bits per heavy atom. The third kappa shape index (κ3) is 6.02. The van der Waals surface area contributed by atoms with Crippen LogP contribution in [0.5, 0.6) is 0 Å². The molecule has 0 heterocycles. The molecule has 0 saturated carbocycles. The van der Waals surface area contributed by atoms with Crippen molar-refractivity contribution in [1.29, 1.82) is 0 Å². The van der Waals surface area contributed by atoms with Crippen LogP contribution in [-0.2, 0) is 10.0 Å². The Morgan fingerprint density at radius 3 is 2.03 bits per heavy atom. The minimum absolute atomic E-state index is 0.00200. The van der Waals surface area contributed by atoms with E-state index in [4.69, 9.17) is 0 Å². The number of carbonyl (C=O) groups is 2. The first-order chi connectivity index (χ1) is 15.9. The highest BCUT2D eigenvalue weighted by Gasteiger charge is 2.22. The average molecular weight is 480 g/mol. The first-order valence-corrected chi connectivity index (χ1v) is 12.3. The third-order valence-corrected chi connectivity index (χ3v) is 6.55. The Balaban J connectivity index is 1.89. The van der Waals surface area contributed by atoms with E-state index in [0.717, 1.165) is 5.56 Å². The Hall–Kier alpha value is -3.65. The molecule has 3 aromatic rings. The van der Waals surface area contributed by atoms with Crippen LogP contribution in [0.1, 0.15) is 52.6 Å². The van der Waals surface area contributed by atoms with Gasteiger partial charge in [-0.1, -0.05) is 36.4 Å². The Morgan fingerprint density at radius 1 is 0.765 bits per heavy atom. The van der Waals surface area contributed by atoms with Crippen molar-refractivity contribution in [3.63, 3.8) is 0 Å². The van der Waals surface area contributed by atoms with Gasteiger partial charge in [-0.3, -0.25) is 14.3 Å². The SMILES string of the molecule is Cc1ccccc1NS(=O)(=O)c1cc(C(=O)Nc2ccccc2C(=O)NC(C)(C)C)ccc1C. The fourth-order valence-electron chi connectivity index (χ4n) is 3.31. The molecule has 0 aliphatic heterocycles. The smallest absolute Gasteiger partial charge is 0.262 e. The summed E-state index contributed by atoms with van der Waals surface area (Å²) in [6.45, 7) is 9.07. The van der Waals surface area contributed by atoms with Crippen molar-refractivity contribution in [3.8, 4) is 0 Å². The van der Waals surface area contributed by atoms with E-state index >= 15 is 0 Å². The van der Waals surface area contributed by atoms with Crippen molar-refractivity contribution in [2.45, 2.75) is 45.1 Å². The number of carbonyl (C=O) groups excluding carboxylic acids is 2. The van der Waals surface area contributed by atoms with Gasteiger partial charge in [0, 0.05) is 11.1 Å². The van der Waals surface area contributed by atoms with E-state index in [0.29, 0.717) is 22.5 Å². The van der Waals surface area contributed by atoms with E-state index in [9.17, 15) is 18.0 Å². The average Bonchev–Trinajstić information content (AvgIpc) is 2.74. The van der Waals surface area contributed by atoms with Gasteiger partial charge in [-0.05, 0) is 76.1 Å². The Bertz CT molecular complexity index is 1340. The monoisotopic (exact) mass is 479 g/mol. The fraction of sp³-hybridized carbons (Fsp3) is 0.231. The van der Waals surface area contributed by atoms with Crippen LogP contribution in [0, 0.1) is 13.8 Å². The fourth-order valence-corrected chi connectivity index (χ4v) is 4.71. The van der Waals surface area contributed by atoms with Crippen LogP contribution < -0.4 is 15.4 Å². The summed E-state index contributed by atoms with van der Waals surface area (Å²) in [5, 5.41) is 5.61. The molecular formula is C26H29N3O4S. The van der Waals surface area contributed by atoms with Gasteiger partial charge in [-0.15, -0.1) is 0 Å². The largest absolute Gasteiger partial charge is 0.347 e. The second-order valence-corrected chi connectivity index (χ2v) is 10.8. The molecule has 3 N–H and O–H groups in total. The number of anilines is 2. The van der Waals surface area contributed by atoms with Crippen LogP contribution in [0.15, 0.2) is 71.6 Å². The molecular weight excluding hydrogens is 450 g/mol. The van der Waals surface area contributed by atoms with Crippen LogP contribution in [0.25, 0.3) is 0 Å². The first kappa shape index (κ1) is 25.0. The lowest BCUT2D eigenvalue weighted by Crippen LogP contribution is -2.40. The number of rotatable bonds is 6. The summed E-state index contributed by atoms with van der Waals surface area (Å²) in [6, 6.07) is 18.2. The van der Waals surface area contributed by atoms with Crippen LogP contribution in [0.2, 0.25) is 0 Å². The molecule has 0 fully saturated rings. The Kier molecular flexibility index (Phi) is 7.12. The maximum atomic E-state index is 13.1. The van der Waals surface area contributed by atoms with Gasteiger partial charge < -0.3 is 10.6 Å². The normalized spacial score (nSPS) is 11.6. The molecule has 0 spiro atoms. The van der Waals surface area contributed by atoms with Crippen molar-refractivity contribution in [2.75, 3.05) is 10.0 Å². The van der Waals surface area contributed by atoms with E-state index in [1.807, 2.05) is 39.8 Å². The van der Waals surface area contributed by atoms with Crippen molar-refractivity contribution < 1.29 is 18.0 Å². The van der Waals surface area contributed by atoms with E-state index in [-0.39, 0.29) is 16.4 Å². The zero-order valence-electron chi connectivity index (χ0n) is 19.9. The number of para-hydroxylation sites is 2. The number of sulfonamides is 1. The summed E-state index contributed by atoms with van der Waals surface area (Å²) in [4.78, 5) is 25.7. The molecule has 0 bridgehead atoms. The van der Waals surface area contributed by atoms with Crippen molar-refractivity contribution in [2.24, 2.45) is 0 Å². The summed E-state index contributed by atoms with van der Waals surface area (Å²) >= 11 is 0. The van der Waals surface area contributed by atoms with Gasteiger partial charge in [0.15, 0.2) is 0 Å². The van der Waals surface area contributed by atoms with E-state index < -0.39 is 21.5 Å². The minimum Gasteiger partial charge on any atom is -0.347 e. The van der Waals surface area contributed by atoms with Crippen molar-refractivity contribution in [3.05, 3.63) is 89.0 Å². The highest BCUT2D eigenvalue weighted by Crippen LogP contribution is 2.24. The molecule has 0 atom stereocenters. The summed E-state index contributed by atoms with van der Waals surface area (Å²) in [6.07, 6.45) is 0. The lowest BCUT2D eigenvalue weighted by Gasteiger charge is -2.21. The van der Waals surface area contributed by atoms with Crippen LogP contribution in [0.3, 0.4) is 0 Å². The van der Waals surface area contributed by atoms with Gasteiger partial charge in [0.25, 0.3) is 21.8 Å². The standard InChI is InChI=1S/C26H29N3O4S/c1-17-10-6-8-12-21(17)29-34(32,33)23-16-19(15-14-18(23)2)24(30)27-22-13-9-7-11-20(22)25(31)28-26(3,4)5/h6-16,29H,1-5H3,(H,27,30)(H,28,31). The molecule has 3 rings (SSSR count). The maximum Gasteiger partial charge on any atom is 0.262 e.